The van der Waals surface area contributed by atoms with Crippen molar-refractivity contribution in [2.45, 2.75) is 45.2 Å². The van der Waals surface area contributed by atoms with E-state index in [2.05, 4.69) is 10.5 Å². The summed E-state index contributed by atoms with van der Waals surface area (Å²) in [6.45, 7) is 7.97. The maximum atomic E-state index is 13.7. The van der Waals surface area contributed by atoms with E-state index < -0.39 is 0 Å². The zero-order chi connectivity index (χ0) is 27.1. The lowest BCUT2D eigenvalue weighted by atomic mass is 9.93. The van der Waals surface area contributed by atoms with Gasteiger partial charge in [-0.25, -0.2) is 0 Å². The first-order valence-corrected chi connectivity index (χ1v) is 13.5. The summed E-state index contributed by atoms with van der Waals surface area (Å²) in [4.78, 5) is 30.7. The van der Waals surface area contributed by atoms with Crippen LogP contribution in [0.5, 0.6) is 11.5 Å². The minimum Gasteiger partial charge on any atom is -0.493 e. The summed E-state index contributed by atoms with van der Waals surface area (Å²) in [7, 11) is 3.24. The summed E-state index contributed by atoms with van der Waals surface area (Å²) < 4.78 is 21.3. The van der Waals surface area contributed by atoms with Crippen LogP contribution in [0.25, 0.3) is 0 Å². The molecule has 1 aromatic carbocycles. The first-order chi connectivity index (χ1) is 18.4. The molecular formula is C28H40N4O6. The van der Waals surface area contributed by atoms with E-state index in [0.29, 0.717) is 49.1 Å². The van der Waals surface area contributed by atoms with Gasteiger partial charge in [-0.15, -0.1) is 0 Å². The van der Waals surface area contributed by atoms with E-state index in [4.69, 9.17) is 18.7 Å². The van der Waals surface area contributed by atoms with Crippen molar-refractivity contribution in [2.24, 2.45) is 11.8 Å². The molecule has 1 N–H and O–H groups in total. The van der Waals surface area contributed by atoms with E-state index in [1.54, 1.807) is 38.5 Å². The summed E-state index contributed by atoms with van der Waals surface area (Å²) in [5.41, 5.74) is 0.905. The molecule has 10 nitrogen and oxygen atoms in total. The molecule has 1 aliphatic heterocycles. The summed E-state index contributed by atoms with van der Waals surface area (Å²) in [6, 6.07) is 7.21. The van der Waals surface area contributed by atoms with Crippen LogP contribution in [0.4, 0.5) is 0 Å². The zero-order valence-corrected chi connectivity index (χ0v) is 22.9. The third kappa shape index (κ3) is 6.85. The zero-order valence-electron chi connectivity index (χ0n) is 22.9. The van der Waals surface area contributed by atoms with Gasteiger partial charge in [0.15, 0.2) is 17.2 Å². The number of nitrogens with zero attached hydrogens (tertiary/aromatic N) is 3. The van der Waals surface area contributed by atoms with Gasteiger partial charge in [-0.3, -0.25) is 9.59 Å². The fraction of sp³-hybridized carbons (Fsp3) is 0.607. The summed E-state index contributed by atoms with van der Waals surface area (Å²) in [6.07, 6.45) is 4.19. The number of carbonyl (C=O) groups excluding carboxylic acids is 2. The van der Waals surface area contributed by atoms with Gasteiger partial charge in [0.25, 0.3) is 11.8 Å². The van der Waals surface area contributed by atoms with Crippen molar-refractivity contribution < 1.29 is 28.3 Å². The molecule has 1 aromatic heterocycles. The molecule has 4 rings (SSSR count). The van der Waals surface area contributed by atoms with Crippen molar-refractivity contribution in [1.29, 1.82) is 0 Å². The first kappa shape index (κ1) is 27.9. The smallest absolute Gasteiger partial charge is 0.276 e. The highest BCUT2D eigenvalue weighted by Gasteiger charge is 2.39. The van der Waals surface area contributed by atoms with Crippen molar-refractivity contribution >= 4 is 11.8 Å². The predicted octanol–water partition coefficient (Wildman–Crippen LogP) is 3.09. The normalized spacial score (nSPS) is 19.0. The Morgan fingerprint density at radius 2 is 1.82 bits per heavy atom. The third-order valence-electron chi connectivity index (χ3n) is 7.29. The second kappa shape index (κ2) is 13.1. The number of hydrogen-bond donors (Lipinski definition) is 1. The number of nitrogens with one attached hydrogen (secondary N) is 1. The second-order valence-electron chi connectivity index (χ2n) is 10.4. The molecule has 0 radical (unpaired) electrons. The first-order valence-electron chi connectivity index (χ1n) is 13.5. The fourth-order valence-corrected chi connectivity index (χ4v) is 4.98. The van der Waals surface area contributed by atoms with E-state index in [-0.39, 0.29) is 35.7 Å². The Balaban J connectivity index is 1.45. The van der Waals surface area contributed by atoms with Gasteiger partial charge < -0.3 is 33.9 Å². The molecular weight excluding hydrogens is 488 g/mol. The van der Waals surface area contributed by atoms with Crippen molar-refractivity contribution in [3.8, 4) is 11.5 Å². The number of amides is 2. The standard InChI is InChI=1S/C28H40N4O6/c1-19(2)31(27(33)20-6-9-25(36-4)26(14-20)37-12-5-11-35-3)17-21-15-29-16-22(21)18-32(23-7-8-23)28(34)24-10-13-38-30-24/h6,9-10,13-14,19,21-23,29H,5,7-8,11-12,15-18H2,1-4H3/t21-,22-/m0/s1. The maximum absolute atomic E-state index is 13.7. The van der Waals surface area contributed by atoms with Gasteiger partial charge in [0, 0.05) is 70.0 Å². The number of benzene rings is 1. The van der Waals surface area contributed by atoms with Crippen LogP contribution in [0.15, 0.2) is 35.1 Å². The molecule has 38 heavy (non-hydrogen) atoms. The van der Waals surface area contributed by atoms with Gasteiger partial charge in [0.05, 0.1) is 13.7 Å². The molecule has 0 spiro atoms. The number of ether oxygens (including phenoxy) is 3. The highest BCUT2D eigenvalue weighted by Crippen LogP contribution is 2.32. The minimum atomic E-state index is -0.0834. The molecule has 1 saturated heterocycles. The average Bonchev–Trinajstić information content (AvgIpc) is 3.41. The van der Waals surface area contributed by atoms with Crippen LogP contribution in [0.1, 0.15) is 54.0 Å². The molecule has 10 heteroatoms. The van der Waals surface area contributed by atoms with Crippen LogP contribution in [0, 0.1) is 11.8 Å². The van der Waals surface area contributed by atoms with Crippen LogP contribution >= 0.6 is 0 Å². The van der Waals surface area contributed by atoms with Crippen LogP contribution in [-0.2, 0) is 4.74 Å². The van der Waals surface area contributed by atoms with Crippen molar-refractivity contribution in [1.82, 2.24) is 20.3 Å². The highest BCUT2D eigenvalue weighted by molar-refractivity contribution is 5.95. The van der Waals surface area contributed by atoms with Gasteiger partial charge in [-0.2, -0.15) is 0 Å². The molecule has 1 aliphatic carbocycles. The Bertz CT molecular complexity index is 1060. The van der Waals surface area contributed by atoms with Crippen molar-refractivity contribution in [3.05, 3.63) is 41.8 Å². The van der Waals surface area contributed by atoms with Crippen LogP contribution in [0.3, 0.4) is 0 Å². The average molecular weight is 529 g/mol. The molecule has 2 aromatic rings. The van der Waals surface area contributed by atoms with Gasteiger partial charge in [-0.1, -0.05) is 5.16 Å². The van der Waals surface area contributed by atoms with E-state index >= 15 is 0 Å². The number of methoxy groups -OCH3 is 2. The molecule has 2 amide bonds. The number of carbonyl (C=O) groups is 2. The van der Waals surface area contributed by atoms with Crippen LogP contribution in [0.2, 0.25) is 0 Å². The molecule has 208 valence electrons. The van der Waals surface area contributed by atoms with E-state index in [1.807, 2.05) is 23.6 Å². The molecule has 0 bridgehead atoms. The SMILES string of the molecule is COCCCOc1cc(C(=O)N(C[C@@H]2CNC[C@H]2CN(C(=O)c2ccon2)C2CC2)C(C)C)ccc1OC. The molecule has 2 heterocycles. The van der Waals surface area contributed by atoms with Crippen LogP contribution in [-0.4, -0.2) is 92.5 Å². The van der Waals surface area contributed by atoms with Gasteiger partial charge in [0.1, 0.15) is 6.26 Å². The lowest BCUT2D eigenvalue weighted by Crippen LogP contribution is -2.45. The summed E-state index contributed by atoms with van der Waals surface area (Å²) in [5.74, 6) is 1.46. The summed E-state index contributed by atoms with van der Waals surface area (Å²) in [5, 5.41) is 7.34. The Labute approximate surface area is 224 Å². The Morgan fingerprint density at radius 1 is 1.05 bits per heavy atom. The number of hydrogen-bond acceptors (Lipinski definition) is 8. The van der Waals surface area contributed by atoms with Gasteiger partial charge >= 0.3 is 0 Å². The van der Waals surface area contributed by atoms with E-state index in [9.17, 15) is 9.59 Å². The molecule has 2 atom stereocenters. The lowest BCUT2D eigenvalue weighted by molar-refractivity contribution is 0.0609. The predicted molar refractivity (Wildman–Crippen MR) is 142 cm³/mol. The third-order valence-corrected chi connectivity index (χ3v) is 7.29. The Hall–Kier alpha value is -3.11. The monoisotopic (exact) mass is 528 g/mol. The number of aromatic nitrogens is 1. The Morgan fingerprint density at radius 3 is 2.45 bits per heavy atom. The van der Waals surface area contributed by atoms with Gasteiger partial charge in [-0.05, 0) is 56.7 Å². The summed E-state index contributed by atoms with van der Waals surface area (Å²) >= 11 is 0. The maximum Gasteiger partial charge on any atom is 0.276 e. The Kier molecular flexibility index (Phi) is 9.63. The fourth-order valence-electron chi connectivity index (χ4n) is 4.98. The molecule has 1 saturated carbocycles. The van der Waals surface area contributed by atoms with E-state index in [1.165, 1.54) is 6.26 Å². The molecule has 2 fully saturated rings. The molecule has 0 unspecified atom stereocenters. The van der Waals surface area contributed by atoms with Crippen LogP contribution < -0.4 is 14.8 Å². The van der Waals surface area contributed by atoms with Crippen molar-refractivity contribution in [2.75, 3.05) is 53.6 Å². The highest BCUT2D eigenvalue weighted by atomic mass is 16.5. The van der Waals surface area contributed by atoms with Crippen molar-refractivity contribution in [3.63, 3.8) is 0 Å². The topological polar surface area (TPSA) is 106 Å². The second-order valence-corrected chi connectivity index (χ2v) is 10.4. The lowest BCUT2D eigenvalue weighted by Gasteiger charge is -2.33. The minimum absolute atomic E-state index is 0.00761. The molecule has 2 aliphatic rings. The van der Waals surface area contributed by atoms with E-state index in [0.717, 1.165) is 32.4 Å². The largest absolute Gasteiger partial charge is 0.493 e. The van der Waals surface area contributed by atoms with Gasteiger partial charge in [0.2, 0.25) is 0 Å². The number of rotatable bonds is 14. The quantitative estimate of drug-likeness (QED) is 0.373.